The van der Waals surface area contributed by atoms with Gasteiger partial charge >= 0.3 is 12.1 Å². The number of esters is 1. The maximum Gasteiger partial charge on any atom is 0.422 e. The largest absolute Gasteiger partial charge is 0.482 e. The topological polar surface area (TPSA) is 35.5 Å². The average molecular weight is 473 g/mol. The van der Waals surface area contributed by atoms with Gasteiger partial charge < -0.3 is 9.47 Å². The molecule has 0 saturated heterocycles. The van der Waals surface area contributed by atoms with E-state index >= 15 is 0 Å². The maximum absolute atomic E-state index is 12.8. The summed E-state index contributed by atoms with van der Waals surface area (Å²) in [6, 6.07) is 10.6. The monoisotopic (exact) mass is 472 g/mol. The molecule has 0 aromatic heterocycles. The molecule has 3 nitrogen and oxygen atoms in total. The Balaban J connectivity index is 2.06. The molecule has 0 N–H and O–H groups in total. The van der Waals surface area contributed by atoms with Crippen molar-refractivity contribution in [3.8, 4) is 16.9 Å². The number of hydrogen-bond acceptors (Lipinski definition) is 4. The van der Waals surface area contributed by atoms with E-state index < -0.39 is 18.7 Å². The van der Waals surface area contributed by atoms with Gasteiger partial charge in [-0.2, -0.15) is 13.2 Å². The summed E-state index contributed by atoms with van der Waals surface area (Å²) in [6.45, 7) is 0.542. The Hall–Kier alpha value is -1.86. The highest BCUT2D eigenvalue weighted by molar-refractivity contribution is 7.98. The van der Waals surface area contributed by atoms with E-state index in [0.29, 0.717) is 29.0 Å². The summed E-state index contributed by atoms with van der Waals surface area (Å²) >= 11 is 7.96. The lowest BCUT2D eigenvalue weighted by Crippen LogP contribution is -2.20. The van der Waals surface area contributed by atoms with Crippen LogP contribution in [0.15, 0.2) is 41.3 Å². The Bertz CT molecular complexity index is 912. The molecule has 8 heteroatoms. The smallest absolute Gasteiger partial charge is 0.422 e. The van der Waals surface area contributed by atoms with E-state index in [-0.39, 0.29) is 23.3 Å². The highest BCUT2D eigenvalue weighted by atomic mass is 35.5. The zero-order chi connectivity index (χ0) is 22.6. The van der Waals surface area contributed by atoms with Gasteiger partial charge in [-0.15, -0.1) is 11.8 Å². The van der Waals surface area contributed by atoms with E-state index in [4.69, 9.17) is 21.1 Å². The molecule has 0 bridgehead atoms. The van der Waals surface area contributed by atoms with Crippen molar-refractivity contribution in [3.63, 3.8) is 0 Å². The Labute approximate surface area is 189 Å². The number of benzene rings is 2. The van der Waals surface area contributed by atoms with Crippen LogP contribution in [0.5, 0.6) is 5.75 Å². The van der Waals surface area contributed by atoms with Crippen LogP contribution in [0.2, 0.25) is 5.02 Å². The van der Waals surface area contributed by atoms with E-state index in [2.05, 4.69) is 0 Å². The normalized spacial score (nSPS) is 14.9. The SMILES string of the molecule is CCOC(=O)C(CC1CC1)c1cc(Cl)c(OCC(F)(F)F)c(-c2ccc(SC)cc2)c1. The zero-order valence-electron chi connectivity index (χ0n) is 17.3. The number of rotatable bonds is 9. The van der Waals surface area contributed by atoms with Gasteiger partial charge in [0.05, 0.1) is 17.5 Å². The summed E-state index contributed by atoms with van der Waals surface area (Å²) in [5, 5.41) is 0.0378. The Morgan fingerprint density at radius 3 is 2.45 bits per heavy atom. The number of thioether (sulfide) groups is 1. The van der Waals surface area contributed by atoms with Crippen LogP contribution in [-0.2, 0) is 9.53 Å². The number of carbonyl (C=O) groups is 1. The molecule has 1 aliphatic carbocycles. The van der Waals surface area contributed by atoms with Gasteiger partial charge in [0.2, 0.25) is 0 Å². The molecule has 0 radical (unpaired) electrons. The molecule has 31 heavy (non-hydrogen) atoms. The van der Waals surface area contributed by atoms with Crippen LogP contribution >= 0.6 is 23.4 Å². The van der Waals surface area contributed by atoms with Crippen molar-refractivity contribution in [1.82, 2.24) is 0 Å². The number of ether oxygens (including phenoxy) is 2. The van der Waals surface area contributed by atoms with Crippen LogP contribution in [0.4, 0.5) is 13.2 Å². The highest BCUT2D eigenvalue weighted by Gasteiger charge is 2.33. The second-order valence-corrected chi connectivity index (χ2v) is 8.78. The molecule has 0 heterocycles. The van der Waals surface area contributed by atoms with Gasteiger partial charge in [-0.1, -0.05) is 36.6 Å². The van der Waals surface area contributed by atoms with Crippen LogP contribution in [0.25, 0.3) is 11.1 Å². The second kappa shape index (κ2) is 10.2. The fourth-order valence-corrected chi connectivity index (χ4v) is 4.09. The quantitative estimate of drug-likeness (QED) is 0.287. The predicted octanol–water partition coefficient (Wildman–Crippen LogP) is 7.12. The maximum atomic E-state index is 12.8. The van der Waals surface area contributed by atoms with Gasteiger partial charge in [0.25, 0.3) is 0 Å². The van der Waals surface area contributed by atoms with Gasteiger partial charge in [0.15, 0.2) is 6.61 Å². The minimum Gasteiger partial charge on any atom is -0.482 e. The molecule has 1 aliphatic rings. The Morgan fingerprint density at radius 2 is 1.90 bits per heavy atom. The number of hydrogen-bond donors (Lipinski definition) is 0. The first-order valence-corrected chi connectivity index (χ1v) is 11.7. The van der Waals surface area contributed by atoms with E-state index in [1.54, 1.807) is 24.8 Å². The lowest BCUT2D eigenvalue weighted by molar-refractivity contribution is -0.153. The van der Waals surface area contributed by atoms with Crippen LogP contribution in [0.3, 0.4) is 0 Å². The fraction of sp³-hybridized carbons (Fsp3) is 0.435. The zero-order valence-corrected chi connectivity index (χ0v) is 18.9. The molecule has 1 unspecified atom stereocenters. The number of halogens is 4. The average Bonchev–Trinajstić information content (AvgIpc) is 3.54. The van der Waals surface area contributed by atoms with Crippen LogP contribution in [0, 0.1) is 5.92 Å². The first-order valence-electron chi connectivity index (χ1n) is 10.1. The van der Waals surface area contributed by atoms with Crippen LogP contribution in [-0.4, -0.2) is 31.6 Å². The first kappa shape index (κ1) is 23.8. The molecule has 0 amide bonds. The van der Waals surface area contributed by atoms with Gasteiger partial charge in [-0.3, -0.25) is 4.79 Å². The van der Waals surface area contributed by atoms with Crippen molar-refractivity contribution in [1.29, 1.82) is 0 Å². The Kier molecular flexibility index (Phi) is 7.81. The molecule has 1 fully saturated rings. The lowest BCUT2D eigenvalue weighted by Gasteiger charge is -2.20. The van der Waals surface area contributed by atoms with Crippen molar-refractivity contribution in [2.75, 3.05) is 19.5 Å². The van der Waals surface area contributed by atoms with E-state index in [1.165, 1.54) is 6.07 Å². The summed E-state index contributed by atoms with van der Waals surface area (Å²) in [5.74, 6) is -0.476. The third kappa shape index (κ3) is 6.56. The van der Waals surface area contributed by atoms with Crippen molar-refractivity contribution in [2.24, 2.45) is 5.92 Å². The molecule has 168 valence electrons. The number of alkyl halides is 3. The lowest BCUT2D eigenvalue weighted by atomic mass is 9.90. The van der Waals surface area contributed by atoms with Crippen molar-refractivity contribution >= 4 is 29.3 Å². The molecular weight excluding hydrogens is 449 g/mol. The van der Waals surface area contributed by atoms with Crippen molar-refractivity contribution in [2.45, 2.75) is 43.2 Å². The predicted molar refractivity (Wildman–Crippen MR) is 117 cm³/mol. The summed E-state index contributed by atoms with van der Waals surface area (Å²) < 4.78 is 48.8. The molecule has 0 aliphatic heterocycles. The van der Waals surface area contributed by atoms with E-state index in [0.717, 1.165) is 17.7 Å². The van der Waals surface area contributed by atoms with Crippen molar-refractivity contribution < 1.29 is 27.4 Å². The van der Waals surface area contributed by atoms with Crippen molar-refractivity contribution in [3.05, 3.63) is 47.0 Å². The third-order valence-corrected chi connectivity index (χ3v) is 6.11. The number of carbonyl (C=O) groups excluding carboxylic acids is 1. The molecule has 1 saturated carbocycles. The molecule has 0 spiro atoms. The van der Waals surface area contributed by atoms with Crippen LogP contribution < -0.4 is 4.74 Å². The highest BCUT2D eigenvalue weighted by Crippen LogP contribution is 2.44. The summed E-state index contributed by atoms with van der Waals surface area (Å²) in [5.41, 5.74) is 1.70. The molecule has 2 aromatic carbocycles. The molecule has 3 rings (SSSR count). The summed E-state index contributed by atoms with van der Waals surface area (Å²) in [4.78, 5) is 13.7. The minimum atomic E-state index is -4.50. The van der Waals surface area contributed by atoms with Gasteiger partial charge in [-0.05, 0) is 60.9 Å². The summed E-state index contributed by atoms with van der Waals surface area (Å²) in [7, 11) is 0. The van der Waals surface area contributed by atoms with Gasteiger partial charge in [0.1, 0.15) is 5.75 Å². The van der Waals surface area contributed by atoms with Gasteiger partial charge in [0, 0.05) is 10.5 Å². The molecule has 2 aromatic rings. The minimum absolute atomic E-state index is 0.0378. The second-order valence-electron chi connectivity index (χ2n) is 7.50. The standard InChI is InChI=1S/C23H24ClF3O3S/c1-3-29-22(28)19(10-14-4-5-14)16-11-18(15-6-8-17(31-2)9-7-15)21(20(24)12-16)30-13-23(25,26)27/h6-9,11-12,14,19H,3-5,10,13H2,1-2H3. The van der Waals surface area contributed by atoms with Crippen LogP contribution in [0.1, 0.15) is 37.7 Å². The van der Waals surface area contributed by atoms with E-state index in [9.17, 15) is 18.0 Å². The fourth-order valence-electron chi connectivity index (χ4n) is 3.40. The summed E-state index contributed by atoms with van der Waals surface area (Å²) in [6.07, 6.45) is 0.176. The Morgan fingerprint density at radius 1 is 1.23 bits per heavy atom. The van der Waals surface area contributed by atoms with E-state index in [1.807, 2.05) is 30.5 Å². The third-order valence-electron chi connectivity index (χ3n) is 5.09. The molecular formula is C23H24ClF3O3S. The first-order chi connectivity index (χ1) is 14.7. The molecule has 1 atom stereocenters. The van der Waals surface area contributed by atoms with Gasteiger partial charge in [-0.25, -0.2) is 0 Å².